The number of piperidine rings is 1. The highest BCUT2D eigenvalue weighted by Crippen LogP contribution is 2.22. The van der Waals surface area contributed by atoms with Crippen molar-refractivity contribution in [2.24, 2.45) is 0 Å². The molecule has 2 N–H and O–H groups in total. The Morgan fingerprint density at radius 1 is 1.69 bits per heavy atom. The van der Waals surface area contributed by atoms with Gasteiger partial charge in [0, 0.05) is 0 Å². The van der Waals surface area contributed by atoms with Crippen LogP contribution in [0.25, 0.3) is 0 Å². The summed E-state index contributed by atoms with van der Waals surface area (Å²) in [6.45, 7) is 2.77. The van der Waals surface area contributed by atoms with E-state index in [1.807, 2.05) is 6.92 Å². The van der Waals surface area contributed by atoms with Gasteiger partial charge in [-0.15, -0.1) is 0 Å². The van der Waals surface area contributed by atoms with Gasteiger partial charge in [-0.1, -0.05) is 0 Å². The molecule has 4 nitrogen and oxygen atoms in total. The van der Waals surface area contributed by atoms with Gasteiger partial charge in [-0.25, -0.2) is 4.98 Å². The van der Waals surface area contributed by atoms with Crippen molar-refractivity contribution in [1.82, 2.24) is 10.3 Å². The molecule has 1 saturated heterocycles. The second-order valence-corrected chi connectivity index (χ2v) is 3.45. The van der Waals surface area contributed by atoms with E-state index >= 15 is 0 Å². The van der Waals surface area contributed by atoms with Gasteiger partial charge in [-0.3, -0.25) is 0 Å². The molecule has 1 aliphatic heterocycles. The van der Waals surface area contributed by atoms with Crippen LogP contribution in [0.4, 0.5) is 0 Å². The Hall–Kier alpha value is -0.870. The first-order valence-corrected chi connectivity index (χ1v) is 4.61. The number of aryl methyl sites for hydroxylation is 1. The first-order valence-electron chi connectivity index (χ1n) is 4.61. The Labute approximate surface area is 77.0 Å². The zero-order chi connectivity index (χ0) is 9.26. The van der Waals surface area contributed by atoms with Crippen LogP contribution in [0.15, 0.2) is 10.6 Å². The van der Waals surface area contributed by atoms with Crippen LogP contribution in [0, 0.1) is 6.92 Å². The summed E-state index contributed by atoms with van der Waals surface area (Å²) in [5, 5.41) is 12.9. The fourth-order valence-corrected chi connectivity index (χ4v) is 1.64. The lowest BCUT2D eigenvalue weighted by atomic mass is 10.0. The summed E-state index contributed by atoms with van der Waals surface area (Å²) in [5.41, 5.74) is 0. The molecule has 4 heteroatoms. The molecule has 0 saturated carbocycles. The fourth-order valence-electron chi connectivity index (χ4n) is 1.64. The van der Waals surface area contributed by atoms with Crippen LogP contribution in [0.1, 0.15) is 30.5 Å². The number of hydrogen-bond donors (Lipinski definition) is 2. The van der Waals surface area contributed by atoms with Crippen LogP contribution in [-0.4, -0.2) is 22.7 Å². The molecule has 2 heterocycles. The van der Waals surface area contributed by atoms with E-state index in [1.165, 1.54) is 0 Å². The van der Waals surface area contributed by atoms with Crippen LogP contribution in [0.2, 0.25) is 0 Å². The van der Waals surface area contributed by atoms with E-state index in [-0.39, 0.29) is 12.1 Å². The highest BCUT2D eigenvalue weighted by atomic mass is 16.4. The second kappa shape index (κ2) is 3.47. The van der Waals surface area contributed by atoms with Crippen LogP contribution < -0.4 is 5.32 Å². The SMILES string of the molecule is Cc1cnc(C2NCCCC2O)o1. The van der Waals surface area contributed by atoms with E-state index in [2.05, 4.69) is 10.3 Å². The molecule has 0 aliphatic carbocycles. The van der Waals surface area contributed by atoms with E-state index in [1.54, 1.807) is 6.20 Å². The van der Waals surface area contributed by atoms with Crippen molar-refractivity contribution >= 4 is 0 Å². The van der Waals surface area contributed by atoms with Crippen molar-refractivity contribution in [2.45, 2.75) is 31.9 Å². The Morgan fingerprint density at radius 2 is 2.54 bits per heavy atom. The van der Waals surface area contributed by atoms with Gasteiger partial charge >= 0.3 is 0 Å². The van der Waals surface area contributed by atoms with E-state index < -0.39 is 0 Å². The monoisotopic (exact) mass is 182 g/mol. The molecule has 1 fully saturated rings. The Bertz CT molecular complexity index is 285. The van der Waals surface area contributed by atoms with Crippen LogP contribution in [0.5, 0.6) is 0 Å². The van der Waals surface area contributed by atoms with Crippen LogP contribution in [-0.2, 0) is 0 Å². The minimum atomic E-state index is -0.369. The molecular weight excluding hydrogens is 168 g/mol. The minimum Gasteiger partial charge on any atom is -0.444 e. The second-order valence-electron chi connectivity index (χ2n) is 3.45. The van der Waals surface area contributed by atoms with Crippen LogP contribution in [0.3, 0.4) is 0 Å². The van der Waals surface area contributed by atoms with Gasteiger partial charge in [-0.2, -0.15) is 0 Å². The van der Waals surface area contributed by atoms with Gasteiger partial charge in [0.05, 0.1) is 12.3 Å². The summed E-state index contributed by atoms with van der Waals surface area (Å²) in [7, 11) is 0. The molecule has 13 heavy (non-hydrogen) atoms. The Kier molecular flexibility index (Phi) is 2.33. The number of nitrogens with zero attached hydrogens (tertiary/aromatic N) is 1. The molecule has 2 atom stereocenters. The number of aromatic nitrogens is 1. The van der Waals surface area contributed by atoms with E-state index in [4.69, 9.17) is 4.42 Å². The van der Waals surface area contributed by atoms with Gasteiger partial charge in [-0.05, 0) is 26.3 Å². The van der Waals surface area contributed by atoms with E-state index in [0.29, 0.717) is 5.89 Å². The maximum Gasteiger partial charge on any atom is 0.214 e. The van der Waals surface area contributed by atoms with Gasteiger partial charge in [0.1, 0.15) is 11.8 Å². The average molecular weight is 182 g/mol. The predicted octanol–water partition coefficient (Wildman–Crippen LogP) is 0.768. The highest BCUT2D eigenvalue weighted by molar-refractivity contribution is 5.00. The molecule has 2 rings (SSSR count). The lowest BCUT2D eigenvalue weighted by Gasteiger charge is -2.26. The van der Waals surface area contributed by atoms with E-state index in [0.717, 1.165) is 25.1 Å². The average Bonchev–Trinajstić information content (AvgIpc) is 2.53. The molecule has 1 aliphatic rings. The third-order valence-corrected chi connectivity index (χ3v) is 2.33. The van der Waals surface area contributed by atoms with Crippen molar-refractivity contribution in [3.63, 3.8) is 0 Å². The number of aliphatic hydroxyl groups is 1. The molecule has 0 spiro atoms. The molecule has 1 aromatic rings. The van der Waals surface area contributed by atoms with Crippen molar-refractivity contribution < 1.29 is 9.52 Å². The van der Waals surface area contributed by atoms with Crippen molar-refractivity contribution in [2.75, 3.05) is 6.54 Å². The third-order valence-electron chi connectivity index (χ3n) is 2.33. The molecule has 0 aromatic carbocycles. The quantitative estimate of drug-likeness (QED) is 0.673. The number of rotatable bonds is 1. The minimum absolute atomic E-state index is 0.123. The summed E-state index contributed by atoms with van der Waals surface area (Å²) >= 11 is 0. The number of aliphatic hydroxyl groups excluding tert-OH is 1. The molecule has 0 amide bonds. The molecule has 1 aromatic heterocycles. The summed E-state index contributed by atoms with van der Waals surface area (Å²) in [5.74, 6) is 1.39. The highest BCUT2D eigenvalue weighted by Gasteiger charge is 2.27. The first kappa shape index (κ1) is 8.72. The zero-order valence-electron chi connectivity index (χ0n) is 7.66. The van der Waals surface area contributed by atoms with Crippen molar-refractivity contribution in [3.8, 4) is 0 Å². The topological polar surface area (TPSA) is 58.3 Å². The Balaban J connectivity index is 2.14. The number of nitrogens with one attached hydrogen (secondary N) is 1. The molecule has 0 radical (unpaired) electrons. The summed E-state index contributed by atoms with van der Waals surface area (Å²) in [4.78, 5) is 4.10. The molecule has 0 bridgehead atoms. The standard InChI is InChI=1S/C9H14N2O2/c1-6-5-11-9(13-6)8-7(12)3-2-4-10-8/h5,7-8,10,12H,2-4H2,1H3. The molecular formula is C9H14N2O2. The lowest BCUT2D eigenvalue weighted by molar-refractivity contribution is 0.0835. The van der Waals surface area contributed by atoms with Gasteiger partial charge in [0.25, 0.3) is 0 Å². The maximum absolute atomic E-state index is 9.67. The number of oxazole rings is 1. The predicted molar refractivity (Wildman–Crippen MR) is 47.2 cm³/mol. The summed E-state index contributed by atoms with van der Waals surface area (Å²) < 4.78 is 5.36. The summed E-state index contributed by atoms with van der Waals surface area (Å²) in [6, 6.07) is -0.123. The fraction of sp³-hybridized carbons (Fsp3) is 0.667. The van der Waals surface area contributed by atoms with Gasteiger partial charge < -0.3 is 14.8 Å². The van der Waals surface area contributed by atoms with Gasteiger partial charge in [0.15, 0.2) is 0 Å². The smallest absolute Gasteiger partial charge is 0.214 e. The maximum atomic E-state index is 9.67. The summed E-state index contributed by atoms with van der Waals surface area (Å²) in [6.07, 6.45) is 3.14. The largest absolute Gasteiger partial charge is 0.444 e. The number of hydrogen-bond acceptors (Lipinski definition) is 4. The molecule has 2 unspecified atom stereocenters. The normalized spacial score (nSPS) is 29.1. The van der Waals surface area contributed by atoms with Crippen molar-refractivity contribution in [3.05, 3.63) is 17.8 Å². The van der Waals surface area contributed by atoms with Crippen molar-refractivity contribution in [1.29, 1.82) is 0 Å². The van der Waals surface area contributed by atoms with Crippen LogP contribution >= 0.6 is 0 Å². The van der Waals surface area contributed by atoms with E-state index in [9.17, 15) is 5.11 Å². The van der Waals surface area contributed by atoms with Gasteiger partial charge in [0.2, 0.25) is 5.89 Å². The zero-order valence-corrected chi connectivity index (χ0v) is 7.66. The molecule has 72 valence electrons. The third kappa shape index (κ3) is 1.73. The first-order chi connectivity index (χ1) is 6.27. The lowest BCUT2D eigenvalue weighted by Crippen LogP contribution is -2.37. The Morgan fingerprint density at radius 3 is 3.15 bits per heavy atom.